The maximum Gasteiger partial charge on any atom is 0.328 e. The molecule has 12 heteroatoms. The highest BCUT2D eigenvalue weighted by Gasteiger charge is 2.42. The van der Waals surface area contributed by atoms with Crippen LogP contribution in [0.15, 0.2) is 54.6 Å². The summed E-state index contributed by atoms with van der Waals surface area (Å²) in [6.45, 7) is 7.25. The predicted octanol–water partition coefficient (Wildman–Crippen LogP) is 1.14. The van der Waals surface area contributed by atoms with Crippen LogP contribution in [0, 0.1) is 5.92 Å². The van der Waals surface area contributed by atoms with Gasteiger partial charge in [0.05, 0.1) is 19.2 Å². The number of phenols is 1. The number of nitrogens with zero attached hydrogens (tertiary/aromatic N) is 2. The van der Waals surface area contributed by atoms with E-state index in [9.17, 15) is 29.1 Å². The van der Waals surface area contributed by atoms with Crippen molar-refractivity contribution in [2.24, 2.45) is 11.7 Å². The van der Waals surface area contributed by atoms with Gasteiger partial charge in [0.1, 0.15) is 23.9 Å². The van der Waals surface area contributed by atoms with Gasteiger partial charge in [0.15, 0.2) is 0 Å². The van der Waals surface area contributed by atoms with Gasteiger partial charge in [0, 0.05) is 19.5 Å². The van der Waals surface area contributed by atoms with Crippen LogP contribution in [0.1, 0.15) is 45.2 Å². The molecule has 0 aliphatic carbocycles. The van der Waals surface area contributed by atoms with Crippen molar-refractivity contribution in [1.82, 2.24) is 20.4 Å². The smallest absolute Gasteiger partial charge is 0.328 e. The Hall–Kier alpha value is -4.45. The normalized spacial score (nSPS) is 16.9. The second kappa shape index (κ2) is 16.6. The maximum atomic E-state index is 13.9. The Morgan fingerprint density at radius 3 is 2.27 bits per heavy atom. The Labute approximate surface area is 264 Å². The lowest BCUT2D eigenvalue weighted by Gasteiger charge is -2.43. The van der Waals surface area contributed by atoms with Crippen LogP contribution >= 0.6 is 0 Å². The van der Waals surface area contributed by atoms with Gasteiger partial charge >= 0.3 is 5.97 Å². The Balaban J connectivity index is 1.66. The maximum absolute atomic E-state index is 13.9. The van der Waals surface area contributed by atoms with Gasteiger partial charge in [-0.3, -0.25) is 19.2 Å². The first kappa shape index (κ1) is 35.0. The van der Waals surface area contributed by atoms with Crippen LogP contribution in [0.5, 0.6) is 5.75 Å². The van der Waals surface area contributed by atoms with E-state index in [1.54, 1.807) is 19.1 Å². The molecule has 1 aliphatic rings. The lowest BCUT2D eigenvalue weighted by Crippen LogP contribution is -2.64. The average Bonchev–Trinajstić information content (AvgIpc) is 3.01. The van der Waals surface area contributed by atoms with Gasteiger partial charge in [-0.25, -0.2) is 4.79 Å². The molecule has 0 unspecified atom stereocenters. The van der Waals surface area contributed by atoms with Gasteiger partial charge in [-0.05, 0) is 55.9 Å². The molecule has 3 rings (SSSR count). The van der Waals surface area contributed by atoms with E-state index in [0.29, 0.717) is 6.42 Å². The SMILES string of the molecule is CCOC(=O)[C@H](CC(C)C)N1CCN(C(=O)CNC(=O)[C@@H](C)NC(=O)[C@@H](N)Cc2ccc(O)cc2)[C@H](Cc2ccccc2)C1=O. The zero-order valence-corrected chi connectivity index (χ0v) is 26.4. The third-order valence-electron chi connectivity index (χ3n) is 7.64. The second-order valence-corrected chi connectivity index (χ2v) is 11.6. The summed E-state index contributed by atoms with van der Waals surface area (Å²) >= 11 is 0. The Morgan fingerprint density at radius 2 is 1.64 bits per heavy atom. The molecule has 1 aliphatic heterocycles. The fourth-order valence-electron chi connectivity index (χ4n) is 5.27. The fraction of sp³-hybridized carbons (Fsp3) is 0.485. The number of carbonyl (C=O) groups excluding carboxylic acids is 5. The summed E-state index contributed by atoms with van der Waals surface area (Å²) in [5.41, 5.74) is 7.60. The summed E-state index contributed by atoms with van der Waals surface area (Å²) in [6.07, 6.45) is 0.864. The molecule has 0 aromatic heterocycles. The second-order valence-electron chi connectivity index (χ2n) is 11.6. The molecule has 4 amide bonds. The molecule has 0 bridgehead atoms. The number of aromatic hydroxyl groups is 1. The van der Waals surface area contributed by atoms with Crippen LogP contribution in [0.4, 0.5) is 0 Å². The van der Waals surface area contributed by atoms with Gasteiger partial charge < -0.3 is 36.0 Å². The van der Waals surface area contributed by atoms with Crippen LogP contribution in [-0.2, 0) is 41.6 Å². The van der Waals surface area contributed by atoms with E-state index in [1.165, 1.54) is 28.9 Å². The third kappa shape index (κ3) is 10.0. The Kier molecular flexibility index (Phi) is 12.9. The minimum Gasteiger partial charge on any atom is -0.508 e. The molecule has 12 nitrogen and oxygen atoms in total. The number of piperazine rings is 1. The summed E-state index contributed by atoms with van der Waals surface area (Å²) in [5.74, 6) is -2.19. The molecular formula is C33H45N5O7. The standard InChI is InChI=1S/C33H45N5O7/c1-5-45-33(44)28(17-21(2)3)38-16-15-37(27(32(38)43)19-23-9-7-6-8-10-23)29(40)20-35-30(41)22(4)36-31(42)26(34)18-24-11-13-25(39)14-12-24/h6-14,21-22,26-28,39H,5,15-20,34H2,1-4H3,(H,35,41)(H,36,42)/t22-,26+,27-,28+/m1/s1. The molecular weight excluding hydrogens is 578 g/mol. The van der Waals surface area contributed by atoms with Crippen LogP contribution < -0.4 is 16.4 Å². The number of nitrogens with two attached hydrogens (primary N) is 1. The summed E-state index contributed by atoms with van der Waals surface area (Å²) < 4.78 is 5.29. The summed E-state index contributed by atoms with van der Waals surface area (Å²) in [7, 11) is 0. The van der Waals surface area contributed by atoms with E-state index in [2.05, 4.69) is 10.6 Å². The molecule has 1 heterocycles. The number of hydrogen-bond acceptors (Lipinski definition) is 8. The molecule has 0 spiro atoms. The lowest BCUT2D eigenvalue weighted by molar-refractivity contribution is -0.163. The van der Waals surface area contributed by atoms with E-state index in [0.717, 1.165) is 11.1 Å². The minimum absolute atomic E-state index is 0.0984. The quantitative estimate of drug-likeness (QED) is 0.227. The zero-order chi connectivity index (χ0) is 33.1. The average molecular weight is 624 g/mol. The minimum atomic E-state index is -0.976. The lowest BCUT2D eigenvalue weighted by atomic mass is 9.97. The van der Waals surface area contributed by atoms with Crippen molar-refractivity contribution in [2.75, 3.05) is 26.2 Å². The van der Waals surface area contributed by atoms with Crippen LogP contribution in [-0.4, -0.2) is 94.9 Å². The van der Waals surface area contributed by atoms with Gasteiger partial charge in [-0.15, -0.1) is 0 Å². The van der Waals surface area contributed by atoms with Gasteiger partial charge in [-0.1, -0.05) is 56.3 Å². The molecule has 4 atom stereocenters. The van der Waals surface area contributed by atoms with Crippen LogP contribution in [0.2, 0.25) is 0 Å². The summed E-state index contributed by atoms with van der Waals surface area (Å²) in [5, 5.41) is 14.6. The summed E-state index contributed by atoms with van der Waals surface area (Å²) in [4.78, 5) is 68.6. The van der Waals surface area contributed by atoms with Gasteiger partial charge in [0.2, 0.25) is 23.6 Å². The third-order valence-corrected chi connectivity index (χ3v) is 7.64. The largest absolute Gasteiger partial charge is 0.508 e. The van der Waals surface area contributed by atoms with Crippen molar-refractivity contribution < 1.29 is 33.8 Å². The number of esters is 1. The van der Waals surface area contributed by atoms with Crippen molar-refractivity contribution in [3.63, 3.8) is 0 Å². The van der Waals surface area contributed by atoms with E-state index >= 15 is 0 Å². The van der Waals surface area contributed by atoms with E-state index < -0.39 is 47.9 Å². The highest BCUT2D eigenvalue weighted by atomic mass is 16.5. The number of nitrogens with one attached hydrogen (secondary N) is 2. The first-order valence-corrected chi connectivity index (χ1v) is 15.3. The molecule has 1 fully saturated rings. The number of rotatable bonds is 14. The fourth-order valence-corrected chi connectivity index (χ4v) is 5.27. The summed E-state index contributed by atoms with van der Waals surface area (Å²) in [6, 6.07) is 12.0. The Bertz CT molecular complexity index is 1320. The van der Waals surface area contributed by atoms with Crippen molar-refractivity contribution in [3.05, 3.63) is 65.7 Å². The van der Waals surface area contributed by atoms with E-state index in [-0.39, 0.29) is 56.7 Å². The van der Waals surface area contributed by atoms with Gasteiger partial charge in [-0.2, -0.15) is 0 Å². The number of amides is 4. The van der Waals surface area contributed by atoms with Crippen LogP contribution in [0.25, 0.3) is 0 Å². The molecule has 0 radical (unpaired) electrons. The molecule has 5 N–H and O–H groups in total. The highest BCUT2D eigenvalue weighted by molar-refractivity contribution is 5.95. The Morgan fingerprint density at radius 1 is 0.978 bits per heavy atom. The number of phenolic OH excluding ortho intramolecular Hbond substituents is 1. The predicted molar refractivity (Wildman–Crippen MR) is 168 cm³/mol. The van der Waals surface area contributed by atoms with Crippen molar-refractivity contribution in [1.29, 1.82) is 0 Å². The molecule has 244 valence electrons. The van der Waals surface area contributed by atoms with Crippen molar-refractivity contribution in [2.45, 2.75) is 71.1 Å². The first-order valence-electron chi connectivity index (χ1n) is 15.3. The first-order chi connectivity index (χ1) is 21.4. The molecule has 45 heavy (non-hydrogen) atoms. The number of benzene rings is 2. The topological polar surface area (TPSA) is 171 Å². The molecule has 0 saturated carbocycles. The van der Waals surface area contributed by atoms with E-state index in [4.69, 9.17) is 10.5 Å². The number of ether oxygens (including phenoxy) is 1. The number of carbonyl (C=O) groups is 5. The molecule has 2 aromatic carbocycles. The molecule has 2 aromatic rings. The zero-order valence-electron chi connectivity index (χ0n) is 26.4. The van der Waals surface area contributed by atoms with Crippen molar-refractivity contribution >= 4 is 29.6 Å². The number of hydrogen-bond donors (Lipinski definition) is 4. The highest BCUT2D eigenvalue weighted by Crippen LogP contribution is 2.23. The van der Waals surface area contributed by atoms with Crippen LogP contribution in [0.3, 0.4) is 0 Å². The van der Waals surface area contributed by atoms with E-state index in [1.807, 2.05) is 44.2 Å². The van der Waals surface area contributed by atoms with Gasteiger partial charge in [0.25, 0.3) is 0 Å². The molecule has 1 saturated heterocycles. The van der Waals surface area contributed by atoms with Crippen molar-refractivity contribution in [3.8, 4) is 5.75 Å². The monoisotopic (exact) mass is 623 g/mol.